The molecule has 6 heteroatoms. The van der Waals surface area contributed by atoms with Gasteiger partial charge in [0.15, 0.2) is 0 Å². The van der Waals surface area contributed by atoms with Gasteiger partial charge in [-0.05, 0) is 0 Å². The van der Waals surface area contributed by atoms with E-state index < -0.39 is 19.5 Å². The molecule has 0 spiro atoms. The van der Waals surface area contributed by atoms with E-state index >= 15 is 0 Å². The molecule has 0 heterocycles. The van der Waals surface area contributed by atoms with Crippen LogP contribution in [0, 0.1) is 0 Å². The van der Waals surface area contributed by atoms with E-state index in [1.54, 1.807) is 0 Å². The molecular formula is C2H7CoO4P. The summed E-state index contributed by atoms with van der Waals surface area (Å²) in [7, 11) is 0. The van der Waals surface area contributed by atoms with Crippen LogP contribution in [-0.2, 0) is 21.6 Å². The van der Waals surface area contributed by atoms with E-state index in [9.17, 15) is 8.43 Å². The minimum absolute atomic E-state index is 0.0390. The van der Waals surface area contributed by atoms with Crippen molar-refractivity contribution in [3.8, 4) is 0 Å². The predicted molar refractivity (Wildman–Crippen MR) is 23.2 cm³/mol. The van der Waals surface area contributed by atoms with E-state index in [1.165, 1.54) is 6.92 Å². The van der Waals surface area contributed by atoms with Crippen LogP contribution in [0.2, 0.25) is 5.36 Å². The van der Waals surface area contributed by atoms with Crippen molar-refractivity contribution < 1.29 is 31.4 Å². The minimum atomic E-state index is -4.25. The molecule has 2 N–H and O–H groups in total. The molecule has 0 atom stereocenters. The van der Waals surface area contributed by atoms with E-state index in [0.29, 0.717) is 0 Å². The molecular weight excluding hydrogens is 178 g/mol. The summed E-state index contributed by atoms with van der Waals surface area (Å²) < 4.78 is 20.2. The third-order valence-corrected chi connectivity index (χ3v) is 4.38. The van der Waals surface area contributed by atoms with E-state index in [1.807, 2.05) is 0 Å². The van der Waals surface area contributed by atoms with Gasteiger partial charge in [-0.1, -0.05) is 0 Å². The fourth-order valence-electron chi connectivity index (χ4n) is 0.137. The fourth-order valence-corrected chi connectivity index (χ4v) is 1.70. The first-order chi connectivity index (χ1) is 3.48. The molecule has 0 fully saturated rings. The number of hydrogen-bond donors (Lipinski definition) is 2. The Morgan fingerprint density at radius 2 is 2.00 bits per heavy atom. The first-order valence-corrected chi connectivity index (χ1v) is 5.83. The second-order valence-electron chi connectivity index (χ2n) is 0.945. The Morgan fingerprint density at radius 1 is 1.62 bits per heavy atom. The fraction of sp³-hybridized carbons (Fsp3) is 1.00. The Bertz CT molecular complexity index is 137. The number of rotatable bonds is 2. The van der Waals surface area contributed by atoms with Crippen molar-refractivity contribution in [2.45, 2.75) is 12.3 Å². The SMILES string of the molecule is C[CH2][Co](=[O])[P](=O)(O)O. The number of hydrogen-bond acceptors (Lipinski definition) is 2. The van der Waals surface area contributed by atoms with Gasteiger partial charge in [0.25, 0.3) is 0 Å². The molecule has 0 saturated carbocycles. The molecule has 53 valence electrons. The third kappa shape index (κ3) is 2.69. The van der Waals surface area contributed by atoms with Crippen molar-refractivity contribution in [3.05, 3.63) is 0 Å². The summed E-state index contributed by atoms with van der Waals surface area (Å²) in [5, 5.41) is 0.0390. The summed E-state index contributed by atoms with van der Waals surface area (Å²) in [4.78, 5) is 16.2. The normalized spacial score (nSPS) is 13.6. The first-order valence-electron chi connectivity index (χ1n) is 1.81. The van der Waals surface area contributed by atoms with Crippen LogP contribution in [0.25, 0.3) is 0 Å². The molecule has 0 saturated heterocycles. The summed E-state index contributed by atoms with van der Waals surface area (Å²) in [5.41, 5.74) is 0. The van der Waals surface area contributed by atoms with Gasteiger partial charge in [0.05, 0.1) is 0 Å². The first kappa shape index (κ1) is 8.46. The zero-order valence-corrected chi connectivity index (χ0v) is 6.13. The van der Waals surface area contributed by atoms with E-state index in [0.717, 1.165) is 0 Å². The zero-order valence-electron chi connectivity index (χ0n) is 4.20. The van der Waals surface area contributed by atoms with Gasteiger partial charge < -0.3 is 0 Å². The monoisotopic (exact) mass is 185 g/mol. The van der Waals surface area contributed by atoms with Crippen LogP contribution in [0.3, 0.4) is 0 Å². The molecule has 4 nitrogen and oxygen atoms in total. The quantitative estimate of drug-likeness (QED) is 0.613. The van der Waals surface area contributed by atoms with Gasteiger partial charge in [0, 0.05) is 0 Å². The van der Waals surface area contributed by atoms with Crippen molar-refractivity contribution in [2.24, 2.45) is 0 Å². The van der Waals surface area contributed by atoms with E-state index in [2.05, 4.69) is 0 Å². The van der Waals surface area contributed by atoms with Crippen molar-refractivity contribution in [2.75, 3.05) is 0 Å². The Hall–Kier alpha value is 0.456. The van der Waals surface area contributed by atoms with Crippen molar-refractivity contribution in [1.82, 2.24) is 0 Å². The second-order valence-corrected chi connectivity index (χ2v) is 6.59. The third-order valence-electron chi connectivity index (χ3n) is 0.418. The van der Waals surface area contributed by atoms with E-state index in [4.69, 9.17) is 9.79 Å². The van der Waals surface area contributed by atoms with Crippen LogP contribution >= 0.6 is 6.33 Å². The van der Waals surface area contributed by atoms with Gasteiger partial charge >= 0.3 is 50.0 Å². The molecule has 0 aromatic rings. The van der Waals surface area contributed by atoms with Gasteiger partial charge in [-0.25, -0.2) is 0 Å². The average Bonchev–Trinajstić information content (AvgIpc) is 1.62. The average molecular weight is 185 g/mol. The Kier molecular flexibility index (Phi) is 3.01. The topological polar surface area (TPSA) is 74.6 Å². The molecule has 0 bridgehead atoms. The zero-order chi connectivity index (χ0) is 6.78. The summed E-state index contributed by atoms with van der Waals surface area (Å²) >= 11 is -2.28. The Morgan fingerprint density at radius 3 is 2.00 bits per heavy atom. The van der Waals surface area contributed by atoms with Gasteiger partial charge in [-0.15, -0.1) is 0 Å². The molecule has 0 rings (SSSR count). The summed E-state index contributed by atoms with van der Waals surface area (Å²) in [6.07, 6.45) is -4.25. The second kappa shape index (κ2) is 2.84. The Labute approximate surface area is 50.6 Å². The molecule has 0 aliphatic carbocycles. The summed E-state index contributed by atoms with van der Waals surface area (Å²) in [6.45, 7) is 1.47. The van der Waals surface area contributed by atoms with Crippen molar-refractivity contribution >= 4 is 6.33 Å². The van der Waals surface area contributed by atoms with E-state index in [-0.39, 0.29) is 5.36 Å². The summed E-state index contributed by atoms with van der Waals surface area (Å²) in [5.74, 6) is 0. The van der Waals surface area contributed by atoms with Crippen LogP contribution in [0.5, 0.6) is 0 Å². The van der Waals surface area contributed by atoms with Crippen molar-refractivity contribution in [3.63, 3.8) is 0 Å². The van der Waals surface area contributed by atoms with Crippen LogP contribution in [0.4, 0.5) is 0 Å². The molecule has 0 aliphatic heterocycles. The maximum atomic E-state index is 10.2. The van der Waals surface area contributed by atoms with Gasteiger partial charge in [-0.3, -0.25) is 0 Å². The van der Waals surface area contributed by atoms with Crippen LogP contribution in [-0.4, -0.2) is 9.79 Å². The van der Waals surface area contributed by atoms with Crippen LogP contribution in [0.15, 0.2) is 0 Å². The summed E-state index contributed by atoms with van der Waals surface area (Å²) in [6, 6.07) is 0. The maximum absolute atomic E-state index is 10.2. The molecule has 0 unspecified atom stereocenters. The predicted octanol–water partition coefficient (Wildman–Crippen LogP) is 0.481. The molecule has 0 amide bonds. The molecule has 0 aromatic carbocycles. The molecule has 0 aliphatic rings. The van der Waals surface area contributed by atoms with Gasteiger partial charge in [0.2, 0.25) is 0 Å². The standard InChI is InChI=1S/C2H5.Co.HO3P.O/c1-2;;1-4(2)3;/h1H2,2H3;;(H-,1,2,3);/q;-1;;/p+1. The van der Waals surface area contributed by atoms with Crippen LogP contribution < -0.4 is 0 Å². The molecule has 0 aromatic heterocycles. The van der Waals surface area contributed by atoms with Crippen molar-refractivity contribution in [1.29, 1.82) is 0 Å². The molecule has 8 heavy (non-hydrogen) atoms. The van der Waals surface area contributed by atoms with Gasteiger partial charge in [-0.2, -0.15) is 0 Å². The van der Waals surface area contributed by atoms with Gasteiger partial charge in [0.1, 0.15) is 0 Å². The van der Waals surface area contributed by atoms with Crippen LogP contribution in [0.1, 0.15) is 6.92 Å². The molecule has 0 radical (unpaired) electrons. The Balaban J connectivity index is 4.04.